The molecule has 1 spiro atoms. The Morgan fingerprint density at radius 3 is 2.62 bits per heavy atom. The molecule has 1 atom stereocenters. The summed E-state index contributed by atoms with van der Waals surface area (Å²) in [7, 11) is 0. The van der Waals surface area contributed by atoms with E-state index in [0.717, 1.165) is 11.2 Å². The Morgan fingerprint density at radius 2 is 2.06 bits per heavy atom. The van der Waals surface area contributed by atoms with Gasteiger partial charge in [0.2, 0.25) is 0 Å². The summed E-state index contributed by atoms with van der Waals surface area (Å²) in [4.78, 5) is 3.06. The number of nitrogens with zero attached hydrogens (tertiary/aromatic N) is 1. The lowest BCUT2D eigenvalue weighted by Crippen LogP contribution is -2.54. The highest BCUT2D eigenvalue weighted by Crippen LogP contribution is 2.39. The highest BCUT2D eigenvalue weighted by molar-refractivity contribution is 8.01. The van der Waals surface area contributed by atoms with Crippen LogP contribution < -0.4 is 5.32 Å². The van der Waals surface area contributed by atoms with Crippen molar-refractivity contribution in [3.05, 3.63) is 0 Å². The van der Waals surface area contributed by atoms with Crippen molar-refractivity contribution in [2.24, 2.45) is 5.92 Å². The van der Waals surface area contributed by atoms with Crippen LogP contribution in [0.3, 0.4) is 0 Å². The number of thioether (sulfide) groups is 1. The topological polar surface area (TPSA) is 15.3 Å². The molecule has 0 aromatic rings. The van der Waals surface area contributed by atoms with Gasteiger partial charge in [-0.3, -0.25) is 0 Å². The molecule has 0 aromatic carbocycles. The van der Waals surface area contributed by atoms with E-state index in [0.29, 0.717) is 4.87 Å². The fourth-order valence-electron chi connectivity index (χ4n) is 2.90. The van der Waals surface area contributed by atoms with Crippen molar-refractivity contribution in [2.75, 3.05) is 26.2 Å². The number of nitrogens with one attached hydrogen (secondary N) is 1. The first-order valence-corrected chi connectivity index (χ1v) is 7.63. The first-order valence-electron chi connectivity index (χ1n) is 6.75. The SMILES string of the molecule is CC(C)CN1CCC2(CC1)NCCC(C)S2. The maximum absolute atomic E-state index is 3.78. The first-order chi connectivity index (χ1) is 7.60. The van der Waals surface area contributed by atoms with E-state index in [4.69, 9.17) is 0 Å². The van der Waals surface area contributed by atoms with Crippen LogP contribution in [0.2, 0.25) is 0 Å². The van der Waals surface area contributed by atoms with Crippen LogP contribution in [0.25, 0.3) is 0 Å². The maximum atomic E-state index is 3.78. The average Bonchev–Trinajstić information content (AvgIpc) is 2.21. The van der Waals surface area contributed by atoms with Crippen LogP contribution in [-0.2, 0) is 0 Å². The van der Waals surface area contributed by atoms with E-state index in [-0.39, 0.29) is 0 Å². The van der Waals surface area contributed by atoms with Gasteiger partial charge in [0.1, 0.15) is 0 Å². The average molecular weight is 242 g/mol. The summed E-state index contributed by atoms with van der Waals surface area (Å²) in [6, 6.07) is 0. The third kappa shape index (κ3) is 3.14. The molecule has 1 unspecified atom stereocenters. The molecule has 0 aromatic heterocycles. The lowest BCUT2D eigenvalue weighted by molar-refractivity contribution is 0.165. The van der Waals surface area contributed by atoms with Gasteiger partial charge in [0.05, 0.1) is 4.87 Å². The van der Waals surface area contributed by atoms with E-state index in [1.165, 1.54) is 45.4 Å². The monoisotopic (exact) mass is 242 g/mol. The molecule has 2 fully saturated rings. The van der Waals surface area contributed by atoms with Crippen molar-refractivity contribution in [1.29, 1.82) is 0 Å². The predicted octanol–water partition coefficient (Wildman–Crippen LogP) is 2.55. The van der Waals surface area contributed by atoms with E-state index in [9.17, 15) is 0 Å². The first kappa shape index (κ1) is 12.7. The van der Waals surface area contributed by atoms with E-state index in [1.807, 2.05) is 0 Å². The van der Waals surface area contributed by atoms with Gasteiger partial charge in [0, 0.05) is 24.9 Å². The van der Waals surface area contributed by atoms with E-state index in [1.54, 1.807) is 0 Å². The summed E-state index contributed by atoms with van der Waals surface area (Å²) in [5.74, 6) is 0.806. The summed E-state index contributed by atoms with van der Waals surface area (Å²) in [6.45, 7) is 12.1. The molecule has 2 rings (SSSR count). The summed E-state index contributed by atoms with van der Waals surface area (Å²) < 4.78 is 0. The van der Waals surface area contributed by atoms with Gasteiger partial charge in [-0.2, -0.15) is 0 Å². The molecule has 0 radical (unpaired) electrons. The third-order valence-electron chi connectivity index (χ3n) is 3.71. The Bertz CT molecular complexity index is 222. The van der Waals surface area contributed by atoms with Crippen molar-refractivity contribution in [3.8, 4) is 0 Å². The molecule has 2 aliphatic heterocycles. The zero-order valence-electron chi connectivity index (χ0n) is 11.0. The van der Waals surface area contributed by atoms with Gasteiger partial charge >= 0.3 is 0 Å². The lowest BCUT2D eigenvalue weighted by Gasteiger charge is -2.46. The second-order valence-electron chi connectivity index (χ2n) is 5.83. The Hall–Kier alpha value is 0.270. The highest BCUT2D eigenvalue weighted by Gasteiger charge is 2.38. The molecule has 1 N–H and O–H groups in total. The Kier molecular flexibility index (Phi) is 4.20. The Balaban J connectivity index is 1.83. The zero-order chi connectivity index (χ0) is 11.6. The molecule has 0 saturated carbocycles. The number of hydrogen-bond donors (Lipinski definition) is 1. The van der Waals surface area contributed by atoms with Crippen molar-refractivity contribution in [2.45, 2.75) is 50.2 Å². The molecule has 16 heavy (non-hydrogen) atoms. The van der Waals surface area contributed by atoms with Crippen LogP contribution in [0.1, 0.15) is 40.0 Å². The van der Waals surface area contributed by atoms with Crippen LogP contribution >= 0.6 is 11.8 Å². The molecular formula is C13H26N2S. The molecule has 2 aliphatic rings. The van der Waals surface area contributed by atoms with Gasteiger partial charge in [-0.15, -0.1) is 11.8 Å². The van der Waals surface area contributed by atoms with Gasteiger partial charge in [0.15, 0.2) is 0 Å². The largest absolute Gasteiger partial charge is 0.303 e. The summed E-state index contributed by atoms with van der Waals surface area (Å²) in [6.07, 6.45) is 3.99. The van der Waals surface area contributed by atoms with Gasteiger partial charge < -0.3 is 10.2 Å². The van der Waals surface area contributed by atoms with Gasteiger partial charge in [-0.05, 0) is 31.7 Å². The molecule has 2 nitrogen and oxygen atoms in total. The molecule has 2 saturated heterocycles. The minimum atomic E-state index is 0.422. The van der Waals surface area contributed by atoms with E-state index in [2.05, 4.69) is 42.7 Å². The predicted molar refractivity (Wildman–Crippen MR) is 72.9 cm³/mol. The molecule has 2 heterocycles. The quantitative estimate of drug-likeness (QED) is 0.801. The summed E-state index contributed by atoms with van der Waals surface area (Å²) in [5, 5.41) is 4.62. The standard InChI is InChI=1S/C13H26N2S/c1-11(2)10-15-8-5-13(6-9-15)14-7-4-12(3)16-13/h11-12,14H,4-10H2,1-3H3. The lowest BCUT2D eigenvalue weighted by atomic mass is 10.0. The summed E-state index contributed by atoms with van der Waals surface area (Å²) >= 11 is 2.19. The fourth-order valence-corrected chi connectivity index (χ4v) is 4.51. The van der Waals surface area contributed by atoms with E-state index < -0.39 is 0 Å². The second-order valence-corrected chi connectivity index (χ2v) is 7.65. The van der Waals surface area contributed by atoms with Crippen molar-refractivity contribution < 1.29 is 0 Å². The minimum Gasteiger partial charge on any atom is -0.303 e. The fraction of sp³-hybridized carbons (Fsp3) is 1.00. The van der Waals surface area contributed by atoms with Gasteiger partial charge in [-0.1, -0.05) is 20.8 Å². The molecular weight excluding hydrogens is 216 g/mol. The second kappa shape index (κ2) is 5.28. The van der Waals surface area contributed by atoms with Crippen LogP contribution in [0.5, 0.6) is 0 Å². The van der Waals surface area contributed by atoms with Gasteiger partial charge in [-0.25, -0.2) is 0 Å². The zero-order valence-corrected chi connectivity index (χ0v) is 11.8. The smallest absolute Gasteiger partial charge is 0.0672 e. The van der Waals surface area contributed by atoms with Crippen LogP contribution in [0.4, 0.5) is 0 Å². The molecule has 0 aliphatic carbocycles. The highest BCUT2D eigenvalue weighted by atomic mass is 32.2. The van der Waals surface area contributed by atoms with Crippen molar-refractivity contribution in [1.82, 2.24) is 10.2 Å². The van der Waals surface area contributed by atoms with Crippen molar-refractivity contribution >= 4 is 11.8 Å². The number of likely N-dealkylation sites (tertiary alicyclic amines) is 1. The Morgan fingerprint density at radius 1 is 1.38 bits per heavy atom. The van der Waals surface area contributed by atoms with Crippen molar-refractivity contribution in [3.63, 3.8) is 0 Å². The number of piperidine rings is 1. The third-order valence-corrected chi connectivity index (χ3v) is 5.35. The molecule has 0 bridgehead atoms. The van der Waals surface area contributed by atoms with Crippen LogP contribution in [0.15, 0.2) is 0 Å². The van der Waals surface area contributed by atoms with E-state index >= 15 is 0 Å². The van der Waals surface area contributed by atoms with Gasteiger partial charge in [0.25, 0.3) is 0 Å². The number of hydrogen-bond acceptors (Lipinski definition) is 3. The Labute approximate surface area is 105 Å². The molecule has 94 valence electrons. The number of rotatable bonds is 2. The minimum absolute atomic E-state index is 0.422. The maximum Gasteiger partial charge on any atom is 0.0672 e. The van der Waals surface area contributed by atoms with Crippen LogP contribution in [0, 0.1) is 5.92 Å². The molecule has 0 amide bonds. The molecule has 3 heteroatoms. The van der Waals surface area contributed by atoms with Crippen LogP contribution in [-0.4, -0.2) is 41.2 Å². The summed E-state index contributed by atoms with van der Waals surface area (Å²) in [5.41, 5.74) is 0. The normalized spacial score (nSPS) is 31.1.